The molecule has 1 rings (SSSR count). The van der Waals surface area contributed by atoms with Crippen molar-refractivity contribution in [1.82, 2.24) is 0 Å². The van der Waals surface area contributed by atoms with Crippen molar-refractivity contribution in [2.75, 3.05) is 0 Å². The minimum atomic E-state index is -4.56. The molecule has 0 saturated carbocycles. The van der Waals surface area contributed by atoms with E-state index in [1.165, 1.54) is 14.8 Å². The molecule has 6 nitrogen and oxygen atoms in total. The molecule has 0 bridgehead atoms. The highest BCUT2D eigenvalue weighted by Crippen LogP contribution is 2.52. The molecule has 1 aliphatic rings. The number of aliphatic hydroxyl groups excluding tert-OH is 2. The topological polar surface area (TPSA) is 96.2 Å². The standard InChI is InChI=1S/C10H20BF2O6P/c1-3-10(13,19-20(16,17)5(2)14)4-6-8(15)7(12)9(11)18-6/h5-9,14-15H,3-4,11H2,1-2H3,(H,16,17)/t5?,6-,7-,8-,9-,10?/m1/s1. The lowest BCUT2D eigenvalue weighted by molar-refractivity contribution is -0.120. The summed E-state index contributed by atoms with van der Waals surface area (Å²) in [5.41, 5.74) is 0. The van der Waals surface area contributed by atoms with E-state index in [2.05, 4.69) is 4.52 Å². The normalized spacial score (nSPS) is 38.1. The first-order valence-electron chi connectivity index (χ1n) is 6.40. The smallest absolute Gasteiger partial charge is 0.358 e. The van der Waals surface area contributed by atoms with Crippen molar-refractivity contribution in [2.45, 2.75) is 62.8 Å². The fourth-order valence-electron chi connectivity index (χ4n) is 1.94. The molecular formula is C10H20BF2O6P. The zero-order chi connectivity index (χ0) is 15.7. The molecule has 20 heavy (non-hydrogen) atoms. The second-order valence-electron chi connectivity index (χ2n) is 5.04. The Balaban J connectivity index is 2.78. The van der Waals surface area contributed by atoms with Gasteiger partial charge in [0.05, 0.1) is 12.1 Å². The fraction of sp³-hybridized carbons (Fsp3) is 1.00. The molecule has 10 heteroatoms. The molecular weight excluding hydrogens is 296 g/mol. The summed E-state index contributed by atoms with van der Waals surface area (Å²) in [6.07, 6.45) is -5.29. The number of rotatable bonds is 6. The lowest BCUT2D eigenvalue weighted by Crippen LogP contribution is -2.37. The van der Waals surface area contributed by atoms with E-state index < -0.39 is 50.1 Å². The van der Waals surface area contributed by atoms with Gasteiger partial charge in [0.15, 0.2) is 5.85 Å². The van der Waals surface area contributed by atoms with Gasteiger partial charge in [-0.15, -0.1) is 0 Å². The minimum Gasteiger partial charge on any atom is -0.387 e. The fourth-order valence-corrected chi connectivity index (χ4v) is 2.77. The molecule has 0 aromatic carbocycles. The lowest BCUT2D eigenvalue weighted by Gasteiger charge is -2.30. The number of alkyl halides is 2. The molecule has 0 amide bonds. The van der Waals surface area contributed by atoms with Crippen LogP contribution in [-0.2, 0) is 13.8 Å². The van der Waals surface area contributed by atoms with Crippen LogP contribution in [0.2, 0.25) is 0 Å². The van der Waals surface area contributed by atoms with Crippen LogP contribution >= 0.6 is 7.60 Å². The van der Waals surface area contributed by atoms with E-state index in [9.17, 15) is 23.3 Å². The summed E-state index contributed by atoms with van der Waals surface area (Å²) in [6.45, 7) is 2.36. The minimum absolute atomic E-state index is 0.317. The molecule has 0 spiro atoms. The van der Waals surface area contributed by atoms with Crippen LogP contribution in [0, 0.1) is 0 Å². The molecule has 1 aliphatic heterocycles. The quantitative estimate of drug-likeness (QED) is 0.473. The van der Waals surface area contributed by atoms with Crippen molar-refractivity contribution >= 4 is 15.4 Å². The average Bonchev–Trinajstić information content (AvgIpc) is 2.56. The Morgan fingerprint density at radius 1 is 1.60 bits per heavy atom. The Morgan fingerprint density at radius 2 is 2.15 bits per heavy atom. The molecule has 3 unspecified atom stereocenters. The van der Waals surface area contributed by atoms with Gasteiger partial charge in [0.2, 0.25) is 5.85 Å². The predicted octanol–water partition coefficient (Wildman–Crippen LogP) is 0.0496. The Hall–Kier alpha value is -0.0451. The Morgan fingerprint density at radius 3 is 2.50 bits per heavy atom. The molecule has 0 aromatic heterocycles. The third-order valence-electron chi connectivity index (χ3n) is 3.35. The van der Waals surface area contributed by atoms with Crippen LogP contribution in [0.3, 0.4) is 0 Å². The summed E-state index contributed by atoms with van der Waals surface area (Å²) in [6, 6.07) is -0.895. The molecule has 0 aromatic rings. The number of halogens is 2. The summed E-state index contributed by atoms with van der Waals surface area (Å²) in [5, 5.41) is 18.7. The molecule has 7 atom stereocenters. The van der Waals surface area contributed by atoms with Crippen LogP contribution < -0.4 is 0 Å². The molecule has 3 N–H and O–H groups in total. The van der Waals surface area contributed by atoms with Crippen molar-refractivity contribution < 1.29 is 37.7 Å². The third-order valence-corrected chi connectivity index (χ3v) is 4.88. The number of hydrogen-bond acceptors (Lipinski definition) is 5. The summed E-state index contributed by atoms with van der Waals surface area (Å²) in [7, 11) is -3.16. The summed E-state index contributed by atoms with van der Waals surface area (Å²) < 4.78 is 49.0. The first kappa shape index (κ1) is 18.0. The number of hydrogen-bond donors (Lipinski definition) is 3. The molecule has 118 valence electrons. The van der Waals surface area contributed by atoms with Crippen molar-refractivity contribution in [3.8, 4) is 0 Å². The van der Waals surface area contributed by atoms with E-state index in [1.54, 1.807) is 0 Å². The largest absolute Gasteiger partial charge is 0.387 e. The van der Waals surface area contributed by atoms with Gasteiger partial charge in [0.25, 0.3) is 0 Å². The van der Waals surface area contributed by atoms with E-state index in [0.29, 0.717) is 0 Å². The highest BCUT2D eigenvalue weighted by atomic mass is 31.2. The van der Waals surface area contributed by atoms with Gasteiger partial charge in [-0.25, -0.2) is 8.78 Å². The summed E-state index contributed by atoms with van der Waals surface area (Å²) >= 11 is 0. The van der Waals surface area contributed by atoms with E-state index in [0.717, 1.165) is 6.92 Å². The molecule has 0 radical (unpaired) electrons. The maximum Gasteiger partial charge on any atom is 0.358 e. The van der Waals surface area contributed by atoms with Crippen LogP contribution in [0.25, 0.3) is 0 Å². The molecule has 1 saturated heterocycles. The van der Waals surface area contributed by atoms with E-state index in [-0.39, 0.29) is 6.42 Å². The zero-order valence-corrected chi connectivity index (χ0v) is 12.5. The monoisotopic (exact) mass is 316 g/mol. The summed E-state index contributed by atoms with van der Waals surface area (Å²) in [4.78, 5) is 9.37. The second kappa shape index (κ2) is 6.38. The number of aliphatic hydroxyl groups is 2. The first-order chi connectivity index (χ1) is 9.02. The summed E-state index contributed by atoms with van der Waals surface area (Å²) in [5.74, 6) is -4.36. The third kappa shape index (κ3) is 3.99. The molecule has 1 fully saturated rings. The van der Waals surface area contributed by atoms with Crippen LogP contribution in [0.4, 0.5) is 8.78 Å². The highest BCUT2D eigenvalue weighted by Gasteiger charge is 2.48. The SMILES string of the molecule is B[C@@H]1O[C@H](CC(F)(CC)OP(=O)(O)C(C)O)[C@@H](O)[C@H]1F. The predicted molar refractivity (Wildman–Crippen MR) is 69.4 cm³/mol. The zero-order valence-electron chi connectivity index (χ0n) is 11.6. The van der Waals surface area contributed by atoms with Gasteiger partial charge in [0, 0.05) is 12.8 Å². The van der Waals surface area contributed by atoms with Crippen molar-refractivity contribution in [1.29, 1.82) is 0 Å². The van der Waals surface area contributed by atoms with Crippen molar-refractivity contribution in [3.05, 3.63) is 0 Å². The van der Waals surface area contributed by atoms with E-state index >= 15 is 0 Å². The Bertz CT molecular complexity index is 387. The van der Waals surface area contributed by atoms with Crippen molar-refractivity contribution in [2.24, 2.45) is 0 Å². The Kier molecular flexibility index (Phi) is 5.74. The van der Waals surface area contributed by atoms with Crippen molar-refractivity contribution in [3.63, 3.8) is 0 Å². The van der Waals surface area contributed by atoms with Gasteiger partial charge < -0.3 is 19.8 Å². The van der Waals surface area contributed by atoms with Crippen LogP contribution in [0.15, 0.2) is 0 Å². The van der Waals surface area contributed by atoms with Gasteiger partial charge in [-0.05, 0) is 6.92 Å². The van der Waals surface area contributed by atoms with Crippen LogP contribution in [0.5, 0.6) is 0 Å². The van der Waals surface area contributed by atoms with Gasteiger partial charge in [-0.3, -0.25) is 9.09 Å². The van der Waals surface area contributed by atoms with Gasteiger partial charge >= 0.3 is 7.60 Å². The molecule has 0 aliphatic carbocycles. The molecule has 1 heterocycles. The van der Waals surface area contributed by atoms with Gasteiger partial charge in [-0.2, -0.15) is 0 Å². The number of ether oxygens (including phenoxy) is 1. The van der Waals surface area contributed by atoms with Gasteiger partial charge in [-0.1, -0.05) is 6.92 Å². The van der Waals surface area contributed by atoms with Crippen LogP contribution in [-0.4, -0.2) is 59.0 Å². The van der Waals surface area contributed by atoms with Crippen LogP contribution in [0.1, 0.15) is 26.7 Å². The van der Waals surface area contributed by atoms with Gasteiger partial charge in [0.1, 0.15) is 20.1 Å². The lowest BCUT2D eigenvalue weighted by atomic mass is 9.93. The maximum absolute atomic E-state index is 14.5. The average molecular weight is 316 g/mol. The first-order valence-corrected chi connectivity index (χ1v) is 8.05. The second-order valence-corrected chi connectivity index (χ2v) is 7.10. The Labute approximate surface area is 117 Å². The highest BCUT2D eigenvalue weighted by molar-refractivity contribution is 7.53. The van der Waals surface area contributed by atoms with E-state index in [1.807, 2.05) is 0 Å². The maximum atomic E-state index is 14.5. The van der Waals surface area contributed by atoms with E-state index in [4.69, 9.17) is 9.84 Å².